The standard InChI is InChI=1S/C16H15N5O/c1-2-14-18-7-6-13(20-14)16-19-8-9-21(16)12-5-3-4-11(10-12)15(17)22/h3-10H,2H2,1H3,(H2,17,22). The van der Waals surface area contributed by atoms with Crippen LogP contribution in [0, 0.1) is 0 Å². The van der Waals surface area contributed by atoms with Gasteiger partial charge < -0.3 is 5.73 Å². The van der Waals surface area contributed by atoms with Crippen molar-refractivity contribution in [2.75, 3.05) is 0 Å². The molecule has 1 aromatic carbocycles. The first kappa shape index (κ1) is 13.9. The van der Waals surface area contributed by atoms with E-state index in [-0.39, 0.29) is 0 Å². The molecular formula is C16H15N5O. The maximum atomic E-state index is 11.3. The van der Waals surface area contributed by atoms with Gasteiger partial charge in [-0.25, -0.2) is 15.0 Å². The van der Waals surface area contributed by atoms with Crippen molar-refractivity contribution >= 4 is 5.91 Å². The summed E-state index contributed by atoms with van der Waals surface area (Å²) in [7, 11) is 0. The Morgan fingerprint density at radius 3 is 2.86 bits per heavy atom. The van der Waals surface area contributed by atoms with Gasteiger partial charge in [0.15, 0.2) is 5.82 Å². The SMILES string of the molecule is CCc1nccc(-c2nccn2-c2cccc(C(N)=O)c2)n1. The fraction of sp³-hybridized carbons (Fsp3) is 0.125. The molecule has 0 saturated carbocycles. The van der Waals surface area contributed by atoms with Gasteiger partial charge in [0.2, 0.25) is 5.91 Å². The first-order chi connectivity index (χ1) is 10.7. The summed E-state index contributed by atoms with van der Waals surface area (Å²) < 4.78 is 1.87. The lowest BCUT2D eigenvalue weighted by Gasteiger charge is -2.09. The monoisotopic (exact) mass is 293 g/mol. The highest BCUT2D eigenvalue weighted by atomic mass is 16.1. The number of carbonyl (C=O) groups is 1. The molecule has 0 bridgehead atoms. The van der Waals surface area contributed by atoms with Crippen molar-refractivity contribution in [1.29, 1.82) is 0 Å². The van der Waals surface area contributed by atoms with Crippen LogP contribution in [0.25, 0.3) is 17.2 Å². The Labute approximate surface area is 127 Å². The highest BCUT2D eigenvalue weighted by Crippen LogP contribution is 2.20. The summed E-state index contributed by atoms with van der Waals surface area (Å²) in [5, 5.41) is 0. The van der Waals surface area contributed by atoms with E-state index in [0.717, 1.165) is 23.6 Å². The van der Waals surface area contributed by atoms with Gasteiger partial charge in [0, 0.05) is 36.3 Å². The number of hydrogen-bond acceptors (Lipinski definition) is 4. The molecular weight excluding hydrogens is 278 g/mol. The summed E-state index contributed by atoms with van der Waals surface area (Å²) in [6.07, 6.45) is 5.99. The number of aromatic nitrogens is 4. The number of hydrogen-bond donors (Lipinski definition) is 1. The van der Waals surface area contributed by atoms with Crippen molar-refractivity contribution in [3.8, 4) is 17.2 Å². The number of amides is 1. The summed E-state index contributed by atoms with van der Waals surface area (Å²) >= 11 is 0. The number of benzene rings is 1. The molecule has 0 fully saturated rings. The second-order valence-corrected chi connectivity index (χ2v) is 4.75. The van der Waals surface area contributed by atoms with E-state index in [1.807, 2.05) is 29.8 Å². The second kappa shape index (κ2) is 5.77. The minimum Gasteiger partial charge on any atom is -0.366 e. The third-order valence-corrected chi connectivity index (χ3v) is 3.30. The Bertz CT molecular complexity index is 825. The number of rotatable bonds is 4. The Hall–Kier alpha value is -3.02. The molecule has 2 N–H and O–H groups in total. The fourth-order valence-electron chi connectivity index (χ4n) is 2.20. The first-order valence-corrected chi connectivity index (χ1v) is 6.95. The van der Waals surface area contributed by atoms with Crippen molar-refractivity contribution in [3.05, 3.63) is 60.3 Å². The third-order valence-electron chi connectivity index (χ3n) is 3.30. The third kappa shape index (κ3) is 2.58. The van der Waals surface area contributed by atoms with Crippen LogP contribution >= 0.6 is 0 Å². The Morgan fingerprint density at radius 2 is 2.09 bits per heavy atom. The van der Waals surface area contributed by atoms with E-state index in [0.29, 0.717) is 11.4 Å². The molecule has 0 radical (unpaired) electrons. The molecule has 0 atom stereocenters. The molecule has 1 amide bonds. The van der Waals surface area contributed by atoms with Gasteiger partial charge in [-0.05, 0) is 24.3 Å². The molecule has 2 heterocycles. The Morgan fingerprint density at radius 1 is 1.23 bits per heavy atom. The summed E-state index contributed by atoms with van der Waals surface area (Å²) in [6, 6.07) is 8.91. The molecule has 0 spiro atoms. The fourth-order valence-corrected chi connectivity index (χ4v) is 2.20. The minimum absolute atomic E-state index is 0.453. The average molecular weight is 293 g/mol. The summed E-state index contributed by atoms with van der Waals surface area (Å²) in [5.41, 5.74) is 7.33. The number of nitrogens with two attached hydrogens (primary N) is 1. The zero-order valence-corrected chi connectivity index (χ0v) is 12.1. The van der Waals surface area contributed by atoms with Crippen molar-refractivity contribution < 1.29 is 4.79 Å². The van der Waals surface area contributed by atoms with Crippen LogP contribution in [0.4, 0.5) is 0 Å². The molecule has 3 rings (SSSR count). The van der Waals surface area contributed by atoms with E-state index in [1.54, 1.807) is 30.6 Å². The van der Waals surface area contributed by atoms with Gasteiger partial charge in [-0.2, -0.15) is 0 Å². The van der Waals surface area contributed by atoms with Crippen LogP contribution in [0.15, 0.2) is 48.9 Å². The Balaban J connectivity index is 2.09. The van der Waals surface area contributed by atoms with Crippen molar-refractivity contribution in [2.45, 2.75) is 13.3 Å². The maximum Gasteiger partial charge on any atom is 0.248 e. The predicted molar refractivity (Wildman–Crippen MR) is 82.5 cm³/mol. The largest absolute Gasteiger partial charge is 0.366 e. The van der Waals surface area contributed by atoms with Crippen LogP contribution < -0.4 is 5.73 Å². The van der Waals surface area contributed by atoms with Gasteiger partial charge >= 0.3 is 0 Å². The number of aryl methyl sites for hydroxylation is 1. The number of nitrogens with zero attached hydrogens (tertiary/aromatic N) is 4. The number of imidazole rings is 1. The first-order valence-electron chi connectivity index (χ1n) is 6.95. The minimum atomic E-state index is -0.459. The van der Waals surface area contributed by atoms with Crippen LogP contribution in [0.1, 0.15) is 23.1 Å². The van der Waals surface area contributed by atoms with Gasteiger partial charge in [-0.15, -0.1) is 0 Å². The smallest absolute Gasteiger partial charge is 0.248 e. The molecule has 110 valence electrons. The molecule has 0 aliphatic heterocycles. The highest BCUT2D eigenvalue weighted by molar-refractivity contribution is 5.93. The molecule has 0 aliphatic carbocycles. The quantitative estimate of drug-likeness (QED) is 0.797. The van der Waals surface area contributed by atoms with Gasteiger partial charge in [-0.3, -0.25) is 9.36 Å². The van der Waals surface area contributed by atoms with Gasteiger partial charge in [0.1, 0.15) is 11.5 Å². The van der Waals surface area contributed by atoms with Gasteiger partial charge in [-0.1, -0.05) is 13.0 Å². The highest BCUT2D eigenvalue weighted by Gasteiger charge is 2.11. The lowest BCUT2D eigenvalue weighted by atomic mass is 10.2. The van der Waals surface area contributed by atoms with Crippen molar-refractivity contribution in [2.24, 2.45) is 5.73 Å². The van der Waals surface area contributed by atoms with Crippen LogP contribution in [0.2, 0.25) is 0 Å². The van der Waals surface area contributed by atoms with E-state index in [4.69, 9.17) is 5.73 Å². The number of carbonyl (C=O) groups excluding carboxylic acids is 1. The molecule has 6 heteroatoms. The normalized spacial score (nSPS) is 10.6. The van der Waals surface area contributed by atoms with E-state index in [9.17, 15) is 4.79 Å². The maximum absolute atomic E-state index is 11.3. The van der Waals surface area contributed by atoms with Crippen molar-refractivity contribution in [3.63, 3.8) is 0 Å². The van der Waals surface area contributed by atoms with E-state index < -0.39 is 5.91 Å². The molecule has 22 heavy (non-hydrogen) atoms. The lowest BCUT2D eigenvalue weighted by Crippen LogP contribution is -2.11. The zero-order valence-electron chi connectivity index (χ0n) is 12.1. The summed E-state index contributed by atoms with van der Waals surface area (Å²) in [6.45, 7) is 2.00. The van der Waals surface area contributed by atoms with E-state index >= 15 is 0 Å². The van der Waals surface area contributed by atoms with Crippen LogP contribution in [-0.2, 0) is 6.42 Å². The molecule has 6 nitrogen and oxygen atoms in total. The number of primary amides is 1. The van der Waals surface area contributed by atoms with Gasteiger partial charge in [0.05, 0.1) is 0 Å². The van der Waals surface area contributed by atoms with Gasteiger partial charge in [0.25, 0.3) is 0 Å². The molecule has 0 aliphatic rings. The molecule has 2 aromatic heterocycles. The second-order valence-electron chi connectivity index (χ2n) is 4.75. The predicted octanol–water partition coefficient (Wildman–Crippen LogP) is 1.99. The average Bonchev–Trinajstić information content (AvgIpc) is 3.04. The summed E-state index contributed by atoms with van der Waals surface area (Å²) in [5.74, 6) is 0.996. The van der Waals surface area contributed by atoms with E-state index in [1.165, 1.54) is 0 Å². The van der Waals surface area contributed by atoms with Crippen LogP contribution in [0.3, 0.4) is 0 Å². The topological polar surface area (TPSA) is 86.7 Å². The van der Waals surface area contributed by atoms with Crippen LogP contribution in [0.5, 0.6) is 0 Å². The molecule has 0 saturated heterocycles. The lowest BCUT2D eigenvalue weighted by molar-refractivity contribution is 0.100. The summed E-state index contributed by atoms with van der Waals surface area (Å²) in [4.78, 5) is 24.4. The molecule has 0 unspecified atom stereocenters. The zero-order chi connectivity index (χ0) is 15.5. The Kier molecular flexibility index (Phi) is 3.65. The van der Waals surface area contributed by atoms with E-state index in [2.05, 4.69) is 15.0 Å². The molecule has 3 aromatic rings. The van der Waals surface area contributed by atoms with Crippen molar-refractivity contribution in [1.82, 2.24) is 19.5 Å². The van der Waals surface area contributed by atoms with Crippen LogP contribution in [-0.4, -0.2) is 25.4 Å².